The topological polar surface area (TPSA) is 99.3 Å². The summed E-state index contributed by atoms with van der Waals surface area (Å²) in [6.07, 6.45) is 0. The van der Waals surface area contributed by atoms with Gasteiger partial charge in [-0.05, 0) is 37.6 Å². The highest BCUT2D eigenvalue weighted by Crippen LogP contribution is 2.33. The zero-order valence-corrected chi connectivity index (χ0v) is 15.1. The molecule has 0 aliphatic rings. The van der Waals surface area contributed by atoms with Gasteiger partial charge < -0.3 is 10.1 Å². The second kappa shape index (κ2) is 7.28. The molecular weight excluding hydrogens is 348 g/mol. The smallest absolute Gasteiger partial charge is 0.311 e. The maximum atomic E-state index is 12.6. The Morgan fingerprint density at radius 3 is 2.63 bits per heavy atom. The molecule has 3 rings (SSSR count). The molecule has 0 atom stereocenters. The first-order valence-electron chi connectivity index (χ1n) is 8.19. The first-order chi connectivity index (χ1) is 12.9. The first kappa shape index (κ1) is 18.1. The molecule has 3 aromatic rings. The first-order valence-corrected chi connectivity index (χ1v) is 8.19. The number of rotatable bonds is 5. The fourth-order valence-electron chi connectivity index (χ4n) is 2.68. The molecule has 1 amide bonds. The van der Waals surface area contributed by atoms with Crippen LogP contribution in [0.4, 0.5) is 11.4 Å². The molecule has 0 radical (unpaired) electrons. The molecule has 0 saturated heterocycles. The van der Waals surface area contributed by atoms with Gasteiger partial charge in [0, 0.05) is 24.4 Å². The third-order valence-corrected chi connectivity index (χ3v) is 3.98. The summed E-state index contributed by atoms with van der Waals surface area (Å²) in [7, 11) is 1.61. The number of benzene rings is 2. The zero-order chi connectivity index (χ0) is 19.6. The molecule has 8 nitrogen and oxygen atoms in total. The Morgan fingerprint density at radius 1 is 1.19 bits per heavy atom. The third-order valence-electron chi connectivity index (χ3n) is 3.98. The molecular formula is C19H18N4O4. The lowest BCUT2D eigenvalue weighted by Gasteiger charge is -2.07. The number of aryl methyl sites for hydroxylation is 2. The molecule has 0 aliphatic heterocycles. The number of nitrogens with one attached hydrogen (secondary N) is 1. The van der Waals surface area contributed by atoms with E-state index >= 15 is 0 Å². The quantitative estimate of drug-likeness (QED) is 0.544. The van der Waals surface area contributed by atoms with E-state index in [-0.39, 0.29) is 28.9 Å². The second-order valence-corrected chi connectivity index (χ2v) is 6.05. The molecule has 0 fully saturated rings. The minimum atomic E-state index is -0.521. The molecule has 0 aliphatic carbocycles. The van der Waals surface area contributed by atoms with E-state index in [0.29, 0.717) is 11.3 Å². The van der Waals surface area contributed by atoms with E-state index in [1.807, 2.05) is 25.1 Å². The van der Waals surface area contributed by atoms with Gasteiger partial charge in [-0.1, -0.05) is 24.3 Å². The number of hydrogen-bond donors (Lipinski definition) is 1. The third kappa shape index (κ3) is 3.79. The van der Waals surface area contributed by atoms with Gasteiger partial charge in [0.15, 0.2) is 5.69 Å². The Hall–Kier alpha value is -3.68. The second-order valence-electron chi connectivity index (χ2n) is 6.05. The minimum absolute atomic E-state index is 0.0826. The summed E-state index contributed by atoms with van der Waals surface area (Å²) in [5.74, 6) is -0.0379. The maximum Gasteiger partial charge on any atom is 0.311 e. The van der Waals surface area contributed by atoms with Crippen LogP contribution in [0, 0.1) is 24.0 Å². The molecule has 0 saturated carbocycles. The van der Waals surface area contributed by atoms with Crippen LogP contribution in [0.15, 0.2) is 48.5 Å². The Morgan fingerprint density at radius 2 is 1.93 bits per heavy atom. The van der Waals surface area contributed by atoms with Crippen LogP contribution in [0.3, 0.4) is 0 Å². The number of hydrogen-bond acceptors (Lipinski definition) is 5. The average Bonchev–Trinajstić information content (AvgIpc) is 2.90. The van der Waals surface area contributed by atoms with Crippen molar-refractivity contribution in [3.05, 3.63) is 75.5 Å². The maximum absolute atomic E-state index is 12.6. The van der Waals surface area contributed by atoms with Gasteiger partial charge in [-0.2, -0.15) is 5.10 Å². The number of nitro groups is 1. The molecule has 0 spiro atoms. The van der Waals surface area contributed by atoms with E-state index in [4.69, 9.17) is 4.74 Å². The van der Waals surface area contributed by atoms with Crippen molar-refractivity contribution in [1.29, 1.82) is 0 Å². The number of nitrogens with zero attached hydrogens (tertiary/aromatic N) is 3. The molecule has 8 heteroatoms. The van der Waals surface area contributed by atoms with E-state index in [0.717, 1.165) is 5.56 Å². The van der Waals surface area contributed by atoms with Crippen LogP contribution in [0.5, 0.6) is 11.6 Å². The highest BCUT2D eigenvalue weighted by atomic mass is 16.6. The van der Waals surface area contributed by atoms with E-state index in [2.05, 4.69) is 10.4 Å². The van der Waals surface area contributed by atoms with E-state index in [1.165, 1.54) is 16.8 Å². The number of aromatic nitrogens is 2. The number of ether oxygens (including phenoxy) is 1. The highest BCUT2D eigenvalue weighted by Gasteiger charge is 2.23. The summed E-state index contributed by atoms with van der Waals surface area (Å²) in [6, 6.07) is 13.5. The normalized spacial score (nSPS) is 10.5. The van der Waals surface area contributed by atoms with Gasteiger partial charge in [-0.3, -0.25) is 14.9 Å². The van der Waals surface area contributed by atoms with Gasteiger partial charge in [0.05, 0.1) is 4.92 Å². The van der Waals surface area contributed by atoms with Crippen molar-refractivity contribution in [2.45, 2.75) is 13.8 Å². The fraction of sp³-hybridized carbons (Fsp3) is 0.158. The van der Waals surface area contributed by atoms with Gasteiger partial charge >= 0.3 is 5.69 Å². The molecule has 2 aromatic carbocycles. The molecule has 0 unspecified atom stereocenters. The summed E-state index contributed by atoms with van der Waals surface area (Å²) in [5, 5.41) is 18.2. The standard InChI is InChI=1S/C19H18N4O4/c1-12-7-6-8-14(11-12)20-18(24)17-13(2)19(22(3)21-17)27-16-10-5-4-9-15(16)23(25)26/h4-11H,1-3H3,(H,20,24). The van der Waals surface area contributed by atoms with E-state index in [9.17, 15) is 14.9 Å². The number of nitro benzene ring substituents is 1. The lowest BCUT2D eigenvalue weighted by Crippen LogP contribution is -2.14. The summed E-state index contributed by atoms with van der Waals surface area (Å²) in [5.41, 5.74) is 2.19. The van der Waals surface area contributed by atoms with Crippen LogP contribution in [0.2, 0.25) is 0 Å². The zero-order valence-electron chi connectivity index (χ0n) is 15.1. The van der Waals surface area contributed by atoms with Crippen molar-refractivity contribution >= 4 is 17.3 Å². The van der Waals surface area contributed by atoms with Crippen LogP contribution in [-0.4, -0.2) is 20.6 Å². The molecule has 138 valence electrons. The summed E-state index contributed by atoms with van der Waals surface area (Å²) >= 11 is 0. The van der Waals surface area contributed by atoms with Gasteiger partial charge in [0.1, 0.15) is 0 Å². The Bertz CT molecular complexity index is 1030. The van der Waals surface area contributed by atoms with Crippen LogP contribution in [0.1, 0.15) is 21.6 Å². The Kier molecular flexibility index (Phi) is 4.89. The predicted octanol–water partition coefficient (Wildman–Crippen LogP) is 3.99. The van der Waals surface area contributed by atoms with Crippen LogP contribution < -0.4 is 10.1 Å². The molecule has 1 aromatic heterocycles. The van der Waals surface area contributed by atoms with Gasteiger partial charge in [-0.15, -0.1) is 0 Å². The number of anilines is 1. The number of para-hydroxylation sites is 2. The van der Waals surface area contributed by atoms with Crippen molar-refractivity contribution in [2.24, 2.45) is 7.05 Å². The highest BCUT2D eigenvalue weighted by molar-refractivity contribution is 6.04. The van der Waals surface area contributed by atoms with Crippen molar-refractivity contribution in [2.75, 3.05) is 5.32 Å². The fourth-order valence-corrected chi connectivity index (χ4v) is 2.68. The van der Waals surface area contributed by atoms with Crippen LogP contribution >= 0.6 is 0 Å². The van der Waals surface area contributed by atoms with Crippen molar-refractivity contribution in [1.82, 2.24) is 9.78 Å². The monoisotopic (exact) mass is 366 g/mol. The van der Waals surface area contributed by atoms with Gasteiger partial charge in [-0.25, -0.2) is 4.68 Å². The van der Waals surface area contributed by atoms with Crippen molar-refractivity contribution in [3.8, 4) is 11.6 Å². The summed E-state index contributed by atoms with van der Waals surface area (Å²) < 4.78 is 7.10. The summed E-state index contributed by atoms with van der Waals surface area (Å²) in [4.78, 5) is 23.2. The lowest BCUT2D eigenvalue weighted by molar-refractivity contribution is -0.385. The van der Waals surface area contributed by atoms with Crippen molar-refractivity contribution < 1.29 is 14.5 Å². The molecule has 0 bridgehead atoms. The SMILES string of the molecule is Cc1cccc(NC(=O)c2nn(C)c(Oc3ccccc3[N+](=O)[O-])c2C)c1. The average molecular weight is 366 g/mol. The number of carbonyl (C=O) groups is 1. The van der Waals surface area contributed by atoms with Crippen LogP contribution in [0.25, 0.3) is 0 Å². The van der Waals surface area contributed by atoms with E-state index in [1.54, 1.807) is 32.2 Å². The lowest BCUT2D eigenvalue weighted by atomic mass is 10.2. The Balaban J connectivity index is 1.89. The number of carbonyl (C=O) groups excluding carboxylic acids is 1. The van der Waals surface area contributed by atoms with Gasteiger partial charge in [0.2, 0.25) is 11.6 Å². The largest absolute Gasteiger partial charge is 0.432 e. The van der Waals surface area contributed by atoms with Crippen molar-refractivity contribution in [3.63, 3.8) is 0 Å². The molecule has 27 heavy (non-hydrogen) atoms. The summed E-state index contributed by atoms with van der Waals surface area (Å²) in [6.45, 7) is 3.61. The predicted molar refractivity (Wildman–Crippen MR) is 100 cm³/mol. The number of amides is 1. The van der Waals surface area contributed by atoms with Gasteiger partial charge in [0.25, 0.3) is 5.91 Å². The molecule has 1 heterocycles. The van der Waals surface area contributed by atoms with E-state index < -0.39 is 4.92 Å². The molecule has 1 N–H and O–H groups in total. The Labute approximate surface area is 155 Å². The van der Waals surface area contributed by atoms with Crippen LogP contribution in [-0.2, 0) is 7.05 Å². The minimum Gasteiger partial charge on any atom is -0.432 e.